The number of hydrogen-bond donors (Lipinski definition) is 2. The van der Waals surface area contributed by atoms with Gasteiger partial charge in [-0.3, -0.25) is 0 Å². The Bertz CT molecular complexity index is 1050. The number of anilines is 1. The minimum Gasteiger partial charge on any atom is -0.478 e. The van der Waals surface area contributed by atoms with E-state index in [1.807, 2.05) is 66.9 Å². The lowest BCUT2D eigenvalue weighted by Crippen LogP contribution is -2.16. The zero-order chi connectivity index (χ0) is 20.4. The molecule has 0 amide bonds. The topological polar surface area (TPSA) is 49.3 Å². The summed E-state index contributed by atoms with van der Waals surface area (Å²) in [4.78, 5) is 12.0. The number of aromatic carboxylic acids is 1. The lowest BCUT2D eigenvalue weighted by Gasteiger charge is -2.16. The summed E-state index contributed by atoms with van der Waals surface area (Å²) in [6.07, 6.45) is 0.791. The van der Waals surface area contributed by atoms with Gasteiger partial charge in [0.15, 0.2) is 0 Å². The van der Waals surface area contributed by atoms with Crippen molar-refractivity contribution >= 4 is 22.3 Å². The number of carbonyl (C=O) groups is 1. The molecule has 1 heterocycles. The Labute approximate surface area is 173 Å². The van der Waals surface area contributed by atoms with Crippen LogP contribution >= 0.6 is 11.3 Å². The second-order valence-corrected chi connectivity index (χ2v) is 8.20. The van der Waals surface area contributed by atoms with Crippen LogP contribution in [0.5, 0.6) is 0 Å². The van der Waals surface area contributed by atoms with E-state index in [0.717, 1.165) is 35.1 Å². The van der Waals surface area contributed by atoms with Gasteiger partial charge in [-0.2, -0.15) is 0 Å². The van der Waals surface area contributed by atoms with Crippen LogP contribution in [0.15, 0.2) is 71.2 Å². The Hall–Kier alpha value is -2.92. The minimum absolute atomic E-state index is 0.199. The van der Waals surface area contributed by atoms with Crippen molar-refractivity contribution < 1.29 is 14.3 Å². The summed E-state index contributed by atoms with van der Waals surface area (Å²) in [5.41, 5.74) is 5.29. The third-order valence-electron chi connectivity index (χ3n) is 5.07. The number of halogens is 1. The number of thiophene rings is 1. The Morgan fingerprint density at radius 1 is 1.14 bits per heavy atom. The summed E-state index contributed by atoms with van der Waals surface area (Å²) in [5.74, 6) is -1.01. The third-order valence-corrected chi connectivity index (χ3v) is 5.96. The van der Waals surface area contributed by atoms with Crippen molar-refractivity contribution in [3.05, 3.63) is 87.9 Å². The molecule has 0 spiro atoms. The maximum atomic E-state index is 15.2. The van der Waals surface area contributed by atoms with Crippen LogP contribution in [0.2, 0.25) is 0 Å². The summed E-state index contributed by atoms with van der Waals surface area (Å²) in [6.45, 7) is 1.99. The van der Waals surface area contributed by atoms with Gasteiger partial charge in [0, 0.05) is 17.4 Å². The Morgan fingerprint density at radius 2 is 1.83 bits per heavy atom. The number of carboxylic acids is 1. The Balaban J connectivity index is 1.63. The molecule has 29 heavy (non-hydrogen) atoms. The summed E-state index contributed by atoms with van der Waals surface area (Å²) in [6, 6.07) is 17.3. The maximum Gasteiger partial charge on any atom is 0.339 e. The first-order valence-electron chi connectivity index (χ1n) is 9.61. The van der Waals surface area contributed by atoms with Gasteiger partial charge in [-0.25, -0.2) is 9.18 Å². The highest BCUT2D eigenvalue weighted by Gasteiger charge is 2.28. The van der Waals surface area contributed by atoms with Gasteiger partial charge in [-0.15, -0.1) is 11.3 Å². The number of carboxylic acid groups (broad SMARTS) is 1. The molecular formula is C24H22FNO2S. The van der Waals surface area contributed by atoms with Gasteiger partial charge in [0.2, 0.25) is 0 Å². The van der Waals surface area contributed by atoms with Crippen molar-refractivity contribution in [3.8, 4) is 11.1 Å². The van der Waals surface area contributed by atoms with Gasteiger partial charge in [0.1, 0.15) is 16.7 Å². The average Bonchev–Trinajstić information content (AvgIpc) is 3.46. The number of nitrogens with one attached hydrogen (secondary N) is 1. The second kappa shape index (κ2) is 8.21. The van der Waals surface area contributed by atoms with Gasteiger partial charge < -0.3 is 10.4 Å². The highest BCUT2D eigenvalue weighted by Crippen LogP contribution is 2.40. The van der Waals surface area contributed by atoms with E-state index in [-0.39, 0.29) is 12.0 Å². The first-order valence-corrected chi connectivity index (χ1v) is 10.5. The van der Waals surface area contributed by atoms with Gasteiger partial charge in [0.25, 0.3) is 0 Å². The van der Waals surface area contributed by atoms with Gasteiger partial charge >= 0.3 is 5.97 Å². The number of allylic oxidation sites excluding steroid dienone is 2. The fraction of sp³-hybridized carbons (Fsp3) is 0.208. The van der Waals surface area contributed by atoms with E-state index in [2.05, 4.69) is 5.32 Å². The van der Waals surface area contributed by atoms with Crippen LogP contribution in [0.1, 0.15) is 34.3 Å². The first kappa shape index (κ1) is 19.4. The van der Waals surface area contributed by atoms with Crippen LogP contribution in [-0.4, -0.2) is 17.2 Å². The lowest BCUT2D eigenvalue weighted by molar-refractivity contribution is 0.0699. The molecule has 1 saturated carbocycles. The molecule has 1 atom stereocenters. The van der Waals surface area contributed by atoms with E-state index < -0.39 is 12.1 Å². The molecule has 0 saturated heterocycles. The predicted octanol–water partition coefficient (Wildman–Crippen LogP) is 6.46. The molecule has 0 aliphatic heterocycles. The molecule has 3 nitrogen and oxygen atoms in total. The maximum absolute atomic E-state index is 15.2. The molecule has 4 rings (SSSR count). The third kappa shape index (κ3) is 4.40. The first-order chi connectivity index (χ1) is 14.0. The molecule has 2 aromatic carbocycles. The summed E-state index contributed by atoms with van der Waals surface area (Å²) >= 11 is 1.31. The molecule has 1 unspecified atom stereocenters. The molecule has 1 aliphatic rings. The number of rotatable bonds is 7. The number of hydrogen-bond acceptors (Lipinski definition) is 3. The van der Waals surface area contributed by atoms with Crippen LogP contribution in [-0.2, 0) is 6.42 Å². The standard InChI is InChI=1S/C24H22FNO2S/c1-15-7-9-17(10-8-15)19-14-29-23(21(19)24(27)28)26-22(18-11-12-18)20(25)13-16-5-3-2-4-6-16/h2-10,14,20,26H,11-13H2,1H3,(H,27,28). The highest BCUT2D eigenvalue weighted by molar-refractivity contribution is 7.15. The Kier molecular flexibility index (Phi) is 5.49. The molecular weight excluding hydrogens is 385 g/mol. The molecule has 3 aromatic rings. The highest BCUT2D eigenvalue weighted by atomic mass is 32.1. The quantitative estimate of drug-likeness (QED) is 0.472. The average molecular weight is 408 g/mol. The van der Waals surface area contributed by atoms with Crippen molar-refractivity contribution in [1.82, 2.24) is 0 Å². The SMILES string of the molecule is Cc1ccc(-c2csc(NC(=C3CC3)C(F)Cc3ccccc3)c2C(=O)O)cc1. The largest absolute Gasteiger partial charge is 0.478 e. The van der Waals surface area contributed by atoms with E-state index in [1.54, 1.807) is 0 Å². The number of alkyl halides is 1. The molecule has 1 aromatic heterocycles. The van der Waals surface area contributed by atoms with E-state index >= 15 is 4.39 Å². The molecule has 1 aliphatic carbocycles. The zero-order valence-electron chi connectivity index (χ0n) is 16.1. The minimum atomic E-state index is -1.19. The zero-order valence-corrected chi connectivity index (χ0v) is 16.9. The van der Waals surface area contributed by atoms with Crippen molar-refractivity contribution in [2.24, 2.45) is 0 Å². The molecule has 0 radical (unpaired) electrons. The number of aryl methyl sites for hydroxylation is 1. The molecule has 2 N–H and O–H groups in total. The summed E-state index contributed by atoms with van der Waals surface area (Å²) in [5, 5.41) is 15.3. The van der Waals surface area contributed by atoms with Gasteiger partial charge in [-0.1, -0.05) is 60.2 Å². The lowest BCUT2D eigenvalue weighted by atomic mass is 10.0. The molecule has 148 valence electrons. The molecule has 1 fully saturated rings. The molecule has 0 bridgehead atoms. The van der Waals surface area contributed by atoms with Crippen molar-refractivity contribution in [2.75, 3.05) is 5.32 Å². The van der Waals surface area contributed by atoms with Crippen molar-refractivity contribution in [1.29, 1.82) is 0 Å². The fourth-order valence-electron chi connectivity index (χ4n) is 3.37. The number of benzene rings is 2. The van der Waals surface area contributed by atoms with Crippen LogP contribution in [0.3, 0.4) is 0 Å². The normalized spacial score (nSPS) is 13.8. The van der Waals surface area contributed by atoms with E-state index in [9.17, 15) is 9.90 Å². The van der Waals surface area contributed by atoms with Crippen LogP contribution in [0.4, 0.5) is 9.39 Å². The van der Waals surface area contributed by atoms with Gasteiger partial charge in [0.05, 0.1) is 5.70 Å². The van der Waals surface area contributed by atoms with Crippen LogP contribution in [0.25, 0.3) is 11.1 Å². The fourth-order valence-corrected chi connectivity index (χ4v) is 4.35. The summed E-state index contributed by atoms with van der Waals surface area (Å²) in [7, 11) is 0. The van der Waals surface area contributed by atoms with E-state index in [4.69, 9.17) is 0 Å². The van der Waals surface area contributed by atoms with Crippen molar-refractivity contribution in [2.45, 2.75) is 32.4 Å². The van der Waals surface area contributed by atoms with Gasteiger partial charge in [-0.05, 0) is 36.5 Å². The monoisotopic (exact) mass is 407 g/mol. The van der Waals surface area contributed by atoms with E-state index in [1.165, 1.54) is 11.3 Å². The van der Waals surface area contributed by atoms with E-state index in [0.29, 0.717) is 16.3 Å². The van der Waals surface area contributed by atoms with Crippen LogP contribution < -0.4 is 5.32 Å². The Morgan fingerprint density at radius 3 is 2.45 bits per heavy atom. The predicted molar refractivity (Wildman–Crippen MR) is 116 cm³/mol. The smallest absolute Gasteiger partial charge is 0.339 e. The van der Waals surface area contributed by atoms with Crippen LogP contribution in [0, 0.1) is 6.92 Å². The van der Waals surface area contributed by atoms with Crippen molar-refractivity contribution in [3.63, 3.8) is 0 Å². The summed E-state index contributed by atoms with van der Waals surface area (Å²) < 4.78 is 15.2. The second-order valence-electron chi connectivity index (χ2n) is 7.32. The molecule has 5 heteroatoms.